The molecule has 1 N–H and O–H groups in total. The molecule has 1 aliphatic rings. The van der Waals surface area contributed by atoms with Gasteiger partial charge in [-0.1, -0.05) is 30.3 Å². The van der Waals surface area contributed by atoms with Crippen LogP contribution >= 0.6 is 23.1 Å². The number of methoxy groups -OCH3 is 1. The van der Waals surface area contributed by atoms with E-state index in [2.05, 4.69) is 10.3 Å². The lowest BCUT2D eigenvalue weighted by Gasteiger charge is -2.19. The van der Waals surface area contributed by atoms with Crippen molar-refractivity contribution in [1.82, 2.24) is 4.98 Å². The topological polar surface area (TPSA) is 86.8 Å². The minimum Gasteiger partial charge on any atom is -0.486 e. The van der Waals surface area contributed by atoms with Crippen molar-refractivity contribution in [2.75, 3.05) is 31.4 Å². The highest BCUT2D eigenvalue weighted by Gasteiger charge is 2.23. The number of benzene rings is 2. The van der Waals surface area contributed by atoms with Crippen molar-refractivity contribution >= 4 is 50.9 Å². The quantitative estimate of drug-likeness (QED) is 0.256. The highest BCUT2D eigenvalue weighted by molar-refractivity contribution is 7.99. The number of pyridine rings is 1. The number of carbonyl (C=O) groups is 2. The number of esters is 1. The fourth-order valence-electron chi connectivity index (χ4n) is 3.74. The van der Waals surface area contributed by atoms with Crippen molar-refractivity contribution in [1.29, 1.82) is 0 Å². The Kier molecular flexibility index (Phi) is 6.87. The van der Waals surface area contributed by atoms with E-state index in [1.807, 2.05) is 60.0 Å². The molecule has 7 nitrogen and oxygen atoms in total. The fourth-order valence-corrected chi connectivity index (χ4v) is 5.54. The van der Waals surface area contributed by atoms with Crippen LogP contribution in [0.25, 0.3) is 22.0 Å². The maximum Gasteiger partial charge on any atom is 0.341 e. The van der Waals surface area contributed by atoms with E-state index in [4.69, 9.17) is 14.2 Å². The summed E-state index contributed by atoms with van der Waals surface area (Å²) in [6.45, 7) is 0.974. The number of rotatable bonds is 7. The molecule has 0 radical (unpaired) electrons. The molecule has 4 aromatic rings. The Hall–Kier alpha value is -3.56. The van der Waals surface area contributed by atoms with E-state index in [1.54, 1.807) is 0 Å². The molecule has 0 saturated heterocycles. The van der Waals surface area contributed by atoms with Gasteiger partial charge in [0.05, 0.1) is 17.7 Å². The number of amides is 1. The van der Waals surface area contributed by atoms with Gasteiger partial charge < -0.3 is 19.5 Å². The van der Waals surface area contributed by atoms with Crippen LogP contribution in [0, 0.1) is 0 Å². The van der Waals surface area contributed by atoms with Crippen LogP contribution in [-0.2, 0) is 9.53 Å². The van der Waals surface area contributed by atoms with Crippen molar-refractivity contribution in [3.05, 3.63) is 65.5 Å². The molecule has 5 rings (SSSR count). The van der Waals surface area contributed by atoms with Crippen molar-refractivity contribution in [2.24, 2.45) is 0 Å². The Labute approximate surface area is 210 Å². The first-order valence-corrected chi connectivity index (χ1v) is 12.9. The van der Waals surface area contributed by atoms with E-state index in [0.29, 0.717) is 46.6 Å². The molecule has 1 aliphatic heterocycles. The summed E-state index contributed by atoms with van der Waals surface area (Å²) in [4.78, 5) is 29.9. The molecule has 2 aromatic heterocycles. The lowest BCUT2D eigenvalue weighted by atomic mass is 10.0. The summed E-state index contributed by atoms with van der Waals surface area (Å²) in [7, 11) is 1.33. The van der Waals surface area contributed by atoms with Crippen LogP contribution in [0.5, 0.6) is 11.5 Å². The summed E-state index contributed by atoms with van der Waals surface area (Å²) in [6.07, 6.45) is 0.275. The van der Waals surface area contributed by atoms with Gasteiger partial charge in [0, 0.05) is 28.5 Å². The van der Waals surface area contributed by atoms with E-state index < -0.39 is 5.97 Å². The minimum atomic E-state index is -0.513. The van der Waals surface area contributed by atoms with E-state index in [9.17, 15) is 9.59 Å². The second kappa shape index (κ2) is 10.4. The first kappa shape index (κ1) is 23.2. The number of para-hydroxylation sites is 1. The second-order valence-corrected chi connectivity index (χ2v) is 9.69. The molecular formula is C26H22N2O5S2. The number of anilines is 1. The summed E-state index contributed by atoms with van der Waals surface area (Å²) in [6, 6.07) is 17.4. The Balaban J connectivity index is 1.28. The minimum absolute atomic E-state index is 0.181. The number of carbonyl (C=O) groups excluding carboxylic acids is 2. The molecule has 0 fully saturated rings. The molecule has 0 spiro atoms. The van der Waals surface area contributed by atoms with Gasteiger partial charge in [-0.15, -0.1) is 23.1 Å². The SMILES string of the molecule is COC(=O)c1c(-c2ccc3c(c2)OCCO3)csc1NC(=O)CCSc1ccc2ccccc2n1. The Morgan fingerprint density at radius 1 is 1.09 bits per heavy atom. The fraction of sp³-hybridized carbons (Fsp3) is 0.192. The zero-order valence-electron chi connectivity index (χ0n) is 18.9. The first-order chi connectivity index (χ1) is 17.1. The maximum atomic E-state index is 12.7. The third kappa shape index (κ3) is 5.11. The molecule has 9 heteroatoms. The highest BCUT2D eigenvalue weighted by atomic mass is 32.2. The lowest BCUT2D eigenvalue weighted by Crippen LogP contribution is -2.15. The number of hydrogen-bond acceptors (Lipinski definition) is 8. The van der Waals surface area contributed by atoms with Gasteiger partial charge in [0.25, 0.3) is 0 Å². The molecule has 0 bridgehead atoms. The standard InChI is InChI=1S/C26H22N2O5S2/c1-31-26(30)24-18(17-6-8-20-21(14-17)33-12-11-32-20)15-35-25(24)28-22(29)10-13-34-23-9-7-16-4-2-3-5-19(16)27-23/h2-9,14-15H,10-13H2,1H3,(H,28,29). The zero-order chi connectivity index (χ0) is 24.2. The monoisotopic (exact) mass is 506 g/mol. The third-order valence-electron chi connectivity index (χ3n) is 5.44. The first-order valence-electron chi connectivity index (χ1n) is 11.0. The van der Waals surface area contributed by atoms with Gasteiger partial charge in [0.15, 0.2) is 11.5 Å². The predicted octanol–water partition coefficient (Wildman–Crippen LogP) is 5.64. The Morgan fingerprint density at radius 3 is 2.77 bits per heavy atom. The van der Waals surface area contributed by atoms with Crippen LogP contribution in [0.1, 0.15) is 16.8 Å². The molecule has 0 atom stereocenters. The largest absolute Gasteiger partial charge is 0.486 e. The molecule has 1 amide bonds. The molecule has 3 heterocycles. The normalized spacial score (nSPS) is 12.4. The number of hydrogen-bond donors (Lipinski definition) is 1. The van der Waals surface area contributed by atoms with Gasteiger partial charge in [-0.2, -0.15) is 0 Å². The number of thioether (sulfide) groups is 1. The number of thiophene rings is 1. The van der Waals surface area contributed by atoms with Gasteiger partial charge in [-0.3, -0.25) is 4.79 Å². The Morgan fingerprint density at radius 2 is 1.91 bits per heavy atom. The number of nitrogens with zero attached hydrogens (tertiary/aromatic N) is 1. The van der Waals surface area contributed by atoms with Gasteiger partial charge in [0.1, 0.15) is 23.8 Å². The predicted molar refractivity (Wildman–Crippen MR) is 138 cm³/mol. The van der Waals surface area contributed by atoms with Gasteiger partial charge in [0.2, 0.25) is 5.91 Å². The van der Waals surface area contributed by atoms with Crippen LogP contribution < -0.4 is 14.8 Å². The van der Waals surface area contributed by atoms with Crippen molar-refractivity contribution < 1.29 is 23.8 Å². The number of nitrogens with one attached hydrogen (secondary N) is 1. The molecule has 0 aliphatic carbocycles. The summed E-state index contributed by atoms with van der Waals surface area (Å²) < 4.78 is 16.3. The number of fused-ring (bicyclic) bond motifs is 2. The lowest BCUT2D eigenvalue weighted by molar-refractivity contribution is -0.115. The summed E-state index contributed by atoms with van der Waals surface area (Å²) in [5.41, 5.74) is 2.70. The van der Waals surface area contributed by atoms with Gasteiger partial charge in [-0.25, -0.2) is 9.78 Å². The molecule has 2 aromatic carbocycles. The average molecular weight is 507 g/mol. The molecule has 0 unspecified atom stereocenters. The van der Waals surface area contributed by atoms with Crippen molar-refractivity contribution in [2.45, 2.75) is 11.4 Å². The van der Waals surface area contributed by atoms with Crippen LogP contribution in [0.2, 0.25) is 0 Å². The van der Waals surface area contributed by atoms with E-state index in [-0.39, 0.29) is 12.3 Å². The second-order valence-electron chi connectivity index (χ2n) is 7.69. The highest BCUT2D eigenvalue weighted by Crippen LogP contribution is 2.40. The maximum absolute atomic E-state index is 12.7. The van der Waals surface area contributed by atoms with Crippen LogP contribution in [0.4, 0.5) is 5.00 Å². The van der Waals surface area contributed by atoms with E-state index in [0.717, 1.165) is 21.5 Å². The molecular weight excluding hydrogens is 484 g/mol. The molecule has 178 valence electrons. The van der Waals surface area contributed by atoms with Crippen LogP contribution in [-0.4, -0.2) is 42.9 Å². The number of ether oxygens (including phenoxy) is 3. The van der Waals surface area contributed by atoms with Gasteiger partial charge >= 0.3 is 5.97 Å². The zero-order valence-corrected chi connectivity index (χ0v) is 20.5. The van der Waals surface area contributed by atoms with Crippen molar-refractivity contribution in [3.8, 4) is 22.6 Å². The summed E-state index contributed by atoms with van der Waals surface area (Å²) in [5, 5.41) is 7.12. The average Bonchev–Trinajstić information content (AvgIpc) is 3.31. The summed E-state index contributed by atoms with van der Waals surface area (Å²) >= 11 is 2.81. The van der Waals surface area contributed by atoms with E-state index in [1.165, 1.54) is 30.2 Å². The Bertz CT molecular complexity index is 1400. The smallest absolute Gasteiger partial charge is 0.341 e. The van der Waals surface area contributed by atoms with Crippen LogP contribution in [0.15, 0.2) is 65.0 Å². The van der Waals surface area contributed by atoms with Gasteiger partial charge in [-0.05, 0) is 29.8 Å². The molecule has 35 heavy (non-hydrogen) atoms. The van der Waals surface area contributed by atoms with Crippen molar-refractivity contribution in [3.63, 3.8) is 0 Å². The number of aromatic nitrogens is 1. The third-order valence-corrected chi connectivity index (χ3v) is 7.27. The van der Waals surface area contributed by atoms with Crippen LogP contribution in [0.3, 0.4) is 0 Å². The summed E-state index contributed by atoms with van der Waals surface area (Å²) in [5.74, 6) is 1.16. The van der Waals surface area contributed by atoms with E-state index >= 15 is 0 Å². The molecule has 0 saturated carbocycles.